The van der Waals surface area contributed by atoms with Crippen LogP contribution < -0.4 is 0 Å². The summed E-state index contributed by atoms with van der Waals surface area (Å²) >= 11 is 3.25. The van der Waals surface area contributed by atoms with Gasteiger partial charge in [0.2, 0.25) is 0 Å². The molecule has 3 aromatic rings. The fourth-order valence-electron chi connectivity index (χ4n) is 3.81. The number of benzene rings is 2. The normalized spacial score (nSPS) is 13.2. The molecule has 4 rings (SSSR count). The van der Waals surface area contributed by atoms with E-state index in [0.717, 1.165) is 38.5 Å². The maximum absolute atomic E-state index is 13.0. The van der Waals surface area contributed by atoms with Crippen LogP contribution in [0, 0.1) is 27.7 Å². The van der Waals surface area contributed by atoms with Gasteiger partial charge in [-0.3, -0.25) is 4.79 Å². The van der Waals surface area contributed by atoms with E-state index in [1.54, 1.807) is 23.5 Å². The first-order chi connectivity index (χ1) is 13.9. The minimum absolute atomic E-state index is 0.154. The molecule has 0 atom stereocenters. The highest BCUT2D eigenvalue weighted by atomic mass is 32.2. The fraction of sp³-hybridized carbons (Fsp3) is 0.250. The molecule has 148 valence electrons. The first kappa shape index (κ1) is 20.0. The summed E-state index contributed by atoms with van der Waals surface area (Å²) in [6.07, 6.45) is 0. The smallest absolute Gasteiger partial charge is 0.174 e. The summed E-state index contributed by atoms with van der Waals surface area (Å²) in [4.78, 5) is 17.7. The van der Waals surface area contributed by atoms with Crippen molar-refractivity contribution in [1.29, 1.82) is 0 Å². The van der Waals surface area contributed by atoms with Crippen molar-refractivity contribution in [3.05, 3.63) is 82.2 Å². The number of rotatable bonds is 4. The monoisotopic (exact) mass is 420 g/mol. The molecule has 0 spiro atoms. The Morgan fingerprint density at radius 2 is 1.79 bits per heavy atom. The van der Waals surface area contributed by atoms with E-state index >= 15 is 0 Å². The third-order valence-corrected chi connectivity index (χ3v) is 7.32. The van der Waals surface area contributed by atoms with Crippen molar-refractivity contribution in [1.82, 2.24) is 4.57 Å². The Kier molecular flexibility index (Phi) is 5.70. The van der Waals surface area contributed by atoms with Crippen molar-refractivity contribution < 1.29 is 4.79 Å². The number of carbonyl (C=O) groups is 1. The summed E-state index contributed by atoms with van der Waals surface area (Å²) in [5.41, 5.74) is 8.73. The Morgan fingerprint density at radius 1 is 1.07 bits per heavy atom. The number of thioether (sulfide) groups is 2. The van der Waals surface area contributed by atoms with Gasteiger partial charge >= 0.3 is 0 Å². The second-order valence-corrected chi connectivity index (χ2v) is 9.66. The molecule has 0 amide bonds. The molecule has 29 heavy (non-hydrogen) atoms. The zero-order valence-corrected chi connectivity index (χ0v) is 18.8. The van der Waals surface area contributed by atoms with E-state index in [0.29, 0.717) is 5.75 Å². The summed E-state index contributed by atoms with van der Waals surface area (Å²) in [6.45, 7) is 8.31. The van der Waals surface area contributed by atoms with Crippen LogP contribution in [0.4, 0.5) is 5.69 Å². The van der Waals surface area contributed by atoms with Crippen LogP contribution in [0.25, 0.3) is 5.69 Å². The number of aliphatic imine (C=N–C) groups is 1. The Labute approximate surface area is 180 Å². The predicted octanol–water partition coefficient (Wildman–Crippen LogP) is 6.56. The number of Topliss-reactive ketones (excluding diaryl/α,β-unsaturated/α-hetero) is 1. The Morgan fingerprint density at radius 3 is 2.55 bits per heavy atom. The van der Waals surface area contributed by atoms with Crippen LogP contribution in [0.2, 0.25) is 0 Å². The molecule has 1 aliphatic rings. The van der Waals surface area contributed by atoms with E-state index in [1.165, 1.54) is 16.7 Å². The molecule has 0 N–H and O–H groups in total. The predicted molar refractivity (Wildman–Crippen MR) is 126 cm³/mol. The summed E-state index contributed by atoms with van der Waals surface area (Å²) in [5, 5.41) is 0. The van der Waals surface area contributed by atoms with Crippen LogP contribution in [0.1, 0.15) is 38.4 Å². The minimum atomic E-state index is 0.154. The lowest BCUT2D eigenvalue weighted by Crippen LogP contribution is -2.07. The minimum Gasteiger partial charge on any atom is -0.318 e. The largest absolute Gasteiger partial charge is 0.318 e. The van der Waals surface area contributed by atoms with E-state index in [1.807, 2.05) is 31.2 Å². The maximum Gasteiger partial charge on any atom is 0.174 e. The number of aromatic nitrogens is 1. The number of nitrogens with zero attached hydrogens (tertiary/aromatic N) is 2. The fourth-order valence-corrected chi connectivity index (χ4v) is 5.76. The van der Waals surface area contributed by atoms with E-state index in [2.05, 4.69) is 49.6 Å². The van der Waals surface area contributed by atoms with Crippen molar-refractivity contribution in [3.8, 4) is 5.69 Å². The first-order valence-electron chi connectivity index (χ1n) is 9.65. The average molecular weight is 421 g/mol. The summed E-state index contributed by atoms with van der Waals surface area (Å²) in [7, 11) is 0. The molecular formula is C24H24N2OS2. The van der Waals surface area contributed by atoms with Crippen LogP contribution in [-0.4, -0.2) is 20.5 Å². The molecule has 2 heterocycles. The molecule has 0 saturated heterocycles. The molecular weight excluding hydrogens is 396 g/mol. The van der Waals surface area contributed by atoms with Gasteiger partial charge in [-0.2, -0.15) is 0 Å². The Bertz CT molecular complexity index is 1110. The third kappa shape index (κ3) is 4.21. The highest BCUT2D eigenvalue weighted by Crippen LogP contribution is 2.35. The zero-order chi connectivity index (χ0) is 20.5. The standard InChI is InChI=1S/C24H24N2OS2/c1-15-9-16(2)11-20(10-15)26-17(3)12-21(18(26)4)23(27)14-29-24-25-22-8-6-5-7-19(22)13-28-24/h5-12H,13-14H2,1-4H3. The van der Waals surface area contributed by atoms with Crippen molar-refractivity contribution >= 4 is 39.4 Å². The molecule has 0 unspecified atom stereocenters. The number of aryl methyl sites for hydroxylation is 3. The number of fused-ring (bicyclic) bond motifs is 1. The molecule has 0 fully saturated rings. The number of hydrogen-bond acceptors (Lipinski definition) is 4. The number of para-hydroxylation sites is 1. The third-order valence-electron chi connectivity index (χ3n) is 5.08. The first-order valence-corrected chi connectivity index (χ1v) is 11.6. The lowest BCUT2D eigenvalue weighted by Gasteiger charge is -2.14. The van der Waals surface area contributed by atoms with Crippen LogP contribution in [-0.2, 0) is 5.75 Å². The summed E-state index contributed by atoms with van der Waals surface area (Å²) in [5.74, 6) is 1.48. The van der Waals surface area contributed by atoms with Gasteiger partial charge < -0.3 is 4.57 Å². The number of hydrogen-bond donors (Lipinski definition) is 0. The van der Waals surface area contributed by atoms with Crippen LogP contribution in [0.15, 0.2) is 53.5 Å². The van der Waals surface area contributed by atoms with Crippen molar-refractivity contribution in [3.63, 3.8) is 0 Å². The number of ketones is 1. The summed E-state index contributed by atoms with van der Waals surface area (Å²) in [6, 6.07) is 16.7. The lowest BCUT2D eigenvalue weighted by atomic mass is 10.1. The second kappa shape index (κ2) is 8.25. The van der Waals surface area contributed by atoms with Gasteiger partial charge in [-0.15, -0.1) is 0 Å². The molecule has 0 aliphatic carbocycles. The van der Waals surface area contributed by atoms with E-state index in [-0.39, 0.29) is 5.78 Å². The van der Waals surface area contributed by atoms with Gasteiger partial charge in [0, 0.05) is 28.4 Å². The van der Waals surface area contributed by atoms with Crippen molar-refractivity contribution in [2.45, 2.75) is 33.4 Å². The maximum atomic E-state index is 13.0. The molecule has 0 radical (unpaired) electrons. The van der Waals surface area contributed by atoms with Crippen LogP contribution in [0.5, 0.6) is 0 Å². The Hall–Kier alpha value is -2.24. The Balaban J connectivity index is 1.54. The van der Waals surface area contributed by atoms with Crippen LogP contribution >= 0.6 is 23.5 Å². The van der Waals surface area contributed by atoms with Gasteiger partial charge in [0.1, 0.15) is 4.38 Å². The molecule has 0 saturated carbocycles. The van der Waals surface area contributed by atoms with Crippen LogP contribution in [0.3, 0.4) is 0 Å². The van der Waals surface area contributed by atoms with E-state index < -0.39 is 0 Å². The quantitative estimate of drug-likeness (QED) is 0.448. The second-order valence-electron chi connectivity index (χ2n) is 7.47. The molecule has 5 heteroatoms. The molecule has 1 aromatic heterocycles. The topological polar surface area (TPSA) is 34.4 Å². The van der Waals surface area contributed by atoms with E-state index in [4.69, 9.17) is 4.99 Å². The van der Waals surface area contributed by atoms with Gasteiger partial charge in [-0.1, -0.05) is 47.8 Å². The van der Waals surface area contributed by atoms with Gasteiger partial charge in [-0.05, 0) is 68.7 Å². The average Bonchev–Trinajstić information content (AvgIpc) is 2.99. The highest BCUT2D eigenvalue weighted by Gasteiger charge is 2.19. The molecule has 2 aromatic carbocycles. The SMILES string of the molecule is Cc1cc(C)cc(-n2c(C)cc(C(=O)CSC3=Nc4ccccc4CS3)c2C)c1. The van der Waals surface area contributed by atoms with Gasteiger partial charge in [-0.25, -0.2) is 4.99 Å². The van der Waals surface area contributed by atoms with Crippen molar-refractivity contribution in [2.24, 2.45) is 4.99 Å². The molecule has 1 aliphatic heterocycles. The zero-order valence-electron chi connectivity index (χ0n) is 17.2. The summed E-state index contributed by atoms with van der Waals surface area (Å²) < 4.78 is 3.15. The lowest BCUT2D eigenvalue weighted by molar-refractivity contribution is 0.102. The van der Waals surface area contributed by atoms with Crippen molar-refractivity contribution in [2.75, 3.05) is 5.75 Å². The molecule has 0 bridgehead atoms. The molecule has 3 nitrogen and oxygen atoms in total. The van der Waals surface area contributed by atoms with Gasteiger partial charge in [0.25, 0.3) is 0 Å². The number of carbonyl (C=O) groups excluding carboxylic acids is 1. The van der Waals surface area contributed by atoms with Gasteiger partial charge in [0.05, 0.1) is 11.4 Å². The highest BCUT2D eigenvalue weighted by molar-refractivity contribution is 8.38. The van der Waals surface area contributed by atoms with Gasteiger partial charge in [0.15, 0.2) is 5.78 Å². The van der Waals surface area contributed by atoms with E-state index in [9.17, 15) is 4.79 Å².